The van der Waals surface area contributed by atoms with Crippen molar-refractivity contribution in [1.29, 1.82) is 0 Å². The summed E-state index contributed by atoms with van der Waals surface area (Å²) < 4.78 is 11.9. The molecular formula is C26H41NO4. The van der Waals surface area contributed by atoms with Crippen molar-refractivity contribution >= 4 is 0 Å². The standard InChI is InChI=1S/C26H41NO4/c1-16(2)21-13-23(28)18(5)12-24(21)31-11-10-27(17(3)4)15-22-25(30-9)20(7)19(6)14-26(22,8)29/h12-14,16-17,22,28-29H,10-11,15H2,1-9H3. The first-order valence-electron chi connectivity index (χ1n) is 11.3. The number of phenols is 1. The lowest BCUT2D eigenvalue weighted by molar-refractivity contribution is 0.00695. The minimum Gasteiger partial charge on any atom is -0.508 e. The van der Waals surface area contributed by atoms with Gasteiger partial charge >= 0.3 is 0 Å². The molecule has 2 atom stereocenters. The maximum atomic E-state index is 11.1. The van der Waals surface area contributed by atoms with E-state index in [1.54, 1.807) is 7.11 Å². The number of nitrogens with zero attached hydrogens (tertiary/aromatic N) is 1. The number of allylic oxidation sites excluding steroid dienone is 2. The second kappa shape index (κ2) is 10.1. The number of methoxy groups -OCH3 is 1. The molecule has 0 aliphatic heterocycles. The van der Waals surface area contributed by atoms with Crippen LogP contribution in [0.1, 0.15) is 65.5 Å². The minimum atomic E-state index is -0.970. The van der Waals surface area contributed by atoms with Gasteiger partial charge in [-0.25, -0.2) is 0 Å². The Morgan fingerprint density at radius 3 is 2.32 bits per heavy atom. The van der Waals surface area contributed by atoms with Crippen molar-refractivity contribution in [3.05, 3.63) is 46.2 Å². The molecule has 0 amide bonds. The number of hydrogen-bond donors (Lipinski definition) is 2. The Morgan fingerprint density at radius 1 is 1.13 bits per heavy atom. The van der Waals surface area contributed by atoms with Gasteiger partial charge in [0.05, 0.1) is 18.6 Å². The lowest BCUT2D eigenvalue weighted by Gasteiger charge is -2.40. The molecule has 174 valence electrons. The summed E-state index contributed by atoms with van der Waals surface area (Å²) in [4.78, 5) is 2.32. The summed E-state index contributed by atoms with van der Waals surface area (Å²) in [6.45, 7) is 18.2. The molecule has 2 N–H and O–H groups in total. The lowest BCUT2D eigenvalue weighted by Crippen LogP contribution is -2.47. The van der Waals surface area contributed by atoms with E-state index >= 15 is 0 Å². The molecule has 1 aromatic carbocycles. The Kier molecular flexibility index (Phi) is 8.23. The summed E-state index contributed by atoms with van der Waals surface area (Å²) in [5, 5.41) is 21.2. The third kappa shape index (κ3) is 5.83. The largest absolute Gasteiger partial charge is 0.508 e. The molecule has 0 radical (unpaired) electrons. The Balaban J connectivity index is 2.16. The van der Waals surface area contributed by atoms with Crippen LogP contribution < -0.4 is 4.74 Å². The summed E-state index contributed by atoms with van der Waals surface area (Å²) in [6, 6.07) is 4.01. The molecule has 2 rings (SSSR count). The zero-order valence-corrected chi connectivity index (χ0v) is 20.7. The number of aliphatic hydroxyl groups is 1. The first kappa shape index (κ1) is 25.3. The number of ether oxygens (including phenoxy) is 2. The van der Waals surface area contributed by atoms with Gasteiger partial charge in [0, 0.05) is 24.7 Å². The summed E-state index contributed by atoms with van der Waals surface area (Å²) in [5.41, 5.74) is 3.00. The highest BCUT2D eigenvalue weighted by Crippen LogP contribution is 2.38. The molecule has 0 aromatic heterocycles. The van der Waals surface area contributed by atoms with E-state index in [4.69, 9.17) is 9.47 Å². The predicted octanol–water partition coefficient (Wildman–Crippen LogP) is 5.16. The van der Waals surface area contributed by atoms with Crippen molar-refractivity contribution in [2.24, 2.45) is 5.92 Å². The summed E-state index contributed by atoms with van der Waals surface area (Å²) in [7, 11) is 1.68. The average molecular weight is 432 g/mol. The molecule has 0 saturated carbocycles. The number of phenolic OH excluding ortho intramolecular Hbond substituents is 1. The second-order valence-corrected chi connectivity index (χ2v) is 9.57. The maximum Gasteiger partial charge on any atom is 0.123 e. The van der Waals surface area contributed by atoms with Gasteiger partial charge in [-0.1, -0.05) is 13.8 Å². The predicted molar refractivity (Wildman–Crippen MR) is 127 cm³/mol. The number of aromatic hydroxyl groups is 1. The third-order valence-corrected chi connectivity index (χ3v) is 6.45. The number of rotatable bonds is 9. The quantitative estimate of drug-likeness (QED) is 0.565. The molecule has 1 aliphatic carbocycles. The van der Waals surface area contributed by atoms with Gasteiger partial charge in [0.25, 0.3) is 0 Å². The molecule has 1 aliphatic rings. The van der Waals surface area contributed by atoms with Crippen LogP contribution >= 0.6 is 0 Å². The highest BCUT2D eigenvalue weighted by atomic mass is 16.5. The Morgan fingerprint density at radius 2 is 1.77 bits per heavy atom. The smallest absolute Gasteiger partial charge is 0.123 e. The van der Waals surface area contributed by atoms with E-state index in [-0.39, 0.29) is 17.9 Å². The fraction of sp³-hybridized carbons (Fsp3) is 0.615. The average Bonchev–Trinajstić information content (AvgIpc) is 2.66. The van der Waals surface area contributed by atoms with Crippen molar-refractivity contribution in [2.45, 2.75) is 73.0 Å². The SMILES string of the molecule is COC1=C(C)C(C)=CC(C)(O)C1CN(CCOc1cc(C)c(O)cc1C(C)C)C(C)C. The van der Waals surface area contributed by atoms with E-state index in [0.29, 0.717) is 18.9 Å². The number of aryl methyl sites for hydroxylation is 1. The van der Waals surface area contributed by atoms with E-state index in [2.05, 4.69) is 39.5 Å². The van der Waals surface area contributed by atoms with Crippen molar-refractivity contribution in [1.82, 2.24) is 4.90 Å². The molecule has 0 saturated heterocycles. The molecule has 5 heteroatoms. The van der Waals surface area contributed by atoms with E-state index in [9.17, 15) is 10.2 Å². The number of hydrogen-bond acceptors (Lipinski definition) is 5. The monoisotopic (exact) mass is 431 g/mol. The molecular weight excluding hydrogens is 390 g/mol. The highest BCUT2D eigenvalue weighted by Gasteiger charge is 2.39. The van der Waals surface area contributed by atoms with Crippen molar-refractivity contribution in [3.63, 3.8) is 0 Å². The molecule has 5 nitrogen and oxygen atoms in total. The van der Waals surface area contributed by atoms with Crippen LogP contribution in [0.5, 0.6) is 11.5 Å². The summed E-state index contributed by atoms with van der Waals surface area (Å²) in [6.07, 6.45) is 1.94. The van der Waals surface area contributed by atoms with Gasteiger partial charge in [0.1, 0.15) is 23.9 Å². The van der Waals surface area contributed by atoms with Crippen LogP contribution in [0.25, 0.3) is 0 Å². The van der Waals surface area contributed by atoms with E-state index in [1.807, 2.05) is 39.0 Å². The molecule has 31 heavy (non-hydrogen) atoms. The Bertz CT molecular complexity index is 836. The molecule has 0 bridgehead atoms. The zero-order valence-electron chi connectivity index (χ0n) is 20.7. The Hall–Kier alpha value is -1.98. The first-order valence-corrected chi connectivity index (χ1v) is 11.3. The van der Waals surface area contributed by atoms with Gasteiger partial charge in [-0.3, -0.25) is 4.90 Å². The van der Waals surface area contributed by atoms with E-state index < -0.39 is 5.60 Å². The van der Waals surface area contributed by atoms with Crippen molar-refractivity contribution in [3.8, 4) is 11.5 Å². The molecule has 0 fully saturated rings. The minimum absolute atomic E-state index is 0.147. The molecule has 1 aromatic rings. The summed E-state index contributed by atoms with van der Waals surface area (Å²) >= 11 is 0. The van der Waals surface area contributed by atoms with Gasteiger partial charge in [-0.15, -0.1) is 0 Å². The van der Waals surface area contributed by atoms with Crippen LogP contribution in [0.15, 0.2) is 35.1 Å². The van der Waals surface area contributed by atoms with Gasteiger partial charge in [-0.2, -0.15) is 0 Å². The van der Waals surface area contributed by atoms with E-state index in [1.165, 1.54) is 0 Å². The van der Waals surface area contributed by atoms with Crippen LogP contribution in [-0.2, 0) is 4.74 Å². The number of benzene rings is 1. The topological polar surface area (TPSA) is 62.2 Å². The van der Waals surface area contributed by atoms with Crippen LogP contribution in [0.4, 0.5) is 0 Å². The second-order valence-electron chi connectivity index (χ2n) is 9.57. The fourth-order valence-electron chi connectivity index (χ4n) is 4.26. The maximum absolute atomic E-state index is 11.1. The fourth-order valence-corrected chi connectivity index (χ4v) is 4.26. The Labute approximate surface area is 188 Å². The zero-order chi connectivity index (χ0) is 23.5. The van der Waals surface area contributed by atoms with Gasteiger partial charge in [-0.05, 0) is 82.4 Å². The van der Waals surface area contributed by atoms with Crippen molar-refractivity contribution < 1.29 is 19.7 Å². The van der Waals surface area contributed by atoms with Crippen molar-refractivity contribution in [2.75, 3.05) is 26.8 Å². The normalized spacial score (nSPS) is 21.8. The molecule has 0 heterocycles. The molecule has 0 spiro atoms. The third-order valence-electron chi connectivity index (χ3n) is 6.45. The lowest BCUT2D eigenvalue weighted by atomic mass is 9.78. The van der Waals surface area contributed by atoms with Crippen LogP contribution in [0.2, 0.25) is 0 Å². The van der Waals surface area contributed by atoms with E-state index in [0.717, 1.165) is 40.3 Å². The summed E-state index contributed by atoms with van der Waals surface area (Å²) in [5.74, 6) is 2.09. The highest BCUT2D eigenvalue weighted by molar-refractivity contribution is 5.46. The van der Waals surface area contributed by atoms with Crippen LogP contribution in [-0.4, -0.2) is 53.6 Å². The first-order chi connectivity index (χ1) is 14.4. The molecule has 2 unspecified atom stereocenters. The van der Waals surface area contributed by atoms with Gasteiger partial charge in [0.15, 0.2) is 0 Å². The van der Waals surface area contributed by atoms with Gasteiger partial charge < -0.3 is 19.7 Å². The van der Waals surface area contributed by atoms with Crippen LogP contribution in [0, 0.1) is 12.8 Å². The van der Waals surface area contributed by atoms with Crippen LogP contribution in [0.3, 0.4) is 0 Å². The van der Waals surface area contributed by atoms with Gasteiger partial charge in [0.2, 0.25) is 0 Å².